The Balaban J connectivity index is 2.16. The predicted octanol–water partition coefficient (Wildman–Crippen LogP) is 2.53. The second-order valence-electron chi connectivity index (χ2n) is 4.07. The molecule has 0 atom stereocenters. The molecular weight excluding hydrogens is 214 g/mol. The summed E-state index contributed by atoms with van der Waals surface area (Å²) in [5, 5.41) is 3.78. The van der Waals surface area contributed by atoms with Crippen LogP contribution in [0.25, 0.3) is 10.9 Å². The van der Waals surface area contributed by atoms with Crippen LogP contribution in [0.4, 0.5) is 5.95 Å². The van der Waals surface area contributed by atoms with Crippen LogP contribution in [0.5, 0.6) is 0 Å². The van der Waals surface area contributed by atoms with Gasteiger partial charge in [0.1, 0.15) is 0 Å². The van der Waals surface area contributed by atoms with Crippen molar-refractivity contribution in [2.45, 2.75) is 26.2 Å². The van der Waals surface area contributed by atoms with E-state index in [-0.39, 0.29) is 5.56 Å². The highest BCUT2D eigenvalue weighted by molar-refractivity contribution is 5.78. The van der Waals surface area contributed by atoms with Crippen molar-refractivity contribution in [3.05, 3.63) is 34.6 Å². The fraction of sp³-hybridized carbons (Fsp3) is 0.385. The minimum Gasteiger partial charge on any atom is -0.356 e. The van der Waals surface area contributed by atoms with E-state index in [1.165, 1.54) is 12.8 Å². The number of nitrogens with one attached hydrogen (secondary N) is 2. The van der Waals surface area contributed by atoms with Gasteiger partial charge in [-0.15, -0.1) is 0 Å². The molecule has 17 heavy (non-hydrogen) atoms. The Morgan fingerprint density at radius 2 is 2.12 bits per heavy atom. The van der Waals surface area contributed by atoms with E-state index in [0.717, 1.165) is 18.5 Å². The molecule has 2 aromatic rings. The number of fused-ring (bicyclic) bond motifs is 1. The number of anilines is 1. The zero-order valence-electron chi connectivity index (χ0n) is 9.99. The smallest absolute Gasteiger partial charge is 0.260 e. The van der Waals surface area contributed by atoms with E-state index in [1.54, 1.807) is 6.07 Å². The molecule has 0 radical (unpaired) electrons. The highest BCUT2D eigenvalue weighted by Crippen LogP contribution is 2.07. The summed E-state index contributed by atoms with van der Waals surface area (Å²) in [6, 6.07) is 7.35. The molecule has 0 saturated carbocycles. The van der Waals surface area contributed by atoms with Gasteiger partial charge in [0.05, 0.1) is 10.9 Å². The quantitative estimate of drug-likeness (QED) is 0.777. The van der Waals surface area contributed by atoms with Crippen LogP contribution in [0.15, 0.2) is 29.1 Å². The number of benzene rings is 1. The van der Waals surface area contributed by atoms with Gasteiger partial charge in [0.15, 0.2) is 0 Å². The number of rotatable bonds is 5. The number of aromatic amines is 1. The molecule has 4 nitrogen and oxygen atoms in total. The number of hydrogen-bond donors (Lipinski definition) is 2. The first-order chi connectivity index (χ1) is 8.31. The van der Waals surface area contributed by atoms with Crippen LogP contribution in [0.2, 0.25) is 0 Å². The van der Waals surface area contributed by atoms with E-state index < -0.39 is 0 Å². The monoisotopic (exact) mass is 231 g/mol. The largest absolute Gasteiger partial charge is 0.356 e. The second kappa shape index (κ2) is 5.48. The number of H-pyrrole nitrogens is 1. The van der Waals surface area contributed by atoms with Gasteiger partial charge in [-0.1, -0.05) is 31.9 Å². The molecule has 0 unspecified atom stereocenters. The van der Waals surface area contributed by atoms with Crippen molar-refractivity contribution in [2.24, 2.45) is 0 Å². The summed E-state index contributed by atoms with van der Waals surface area (Å²) < 4.78 is 0. The summed E-state index contributed by atoms with van der Waals surface area (Å²) in [7, 11) is 0. The Morgan fingerprint density at radius 3 is 2.94 bits per heavy atom. The molecule has 0 amide bonds. The maximum atomic E-state index is 11.8. The van der Waals surface area contributed by atoms with Gasteiger partial charge in [-0.05, 0) is 18.6 Å². The Hall–Kier alpha value is -1.84. The molecule has 2 N–H and O–H groups in total. The molecule has 0 fully saturated rings. The Labute approximate surface area is 100 Å². The predicted molar refractivity (Wildman–Crippen MR) is 70.4 cm³/mol. The van der Waals surface area contributed by atoms with Crippen molar-refractivity contribution in [2.75, 3.05) is 11.9 Å². The van der Waals surface area contributed by atoms with Crippen molar-refractivity contribution in [1.82, 2.24) is 9.97 Å². The number of hydrogen-bond acceptors (Lipinski definition) is 3. The van der Waals surface area contributed by atoms with Gasteiger partial charge in [0.25, 0.3) is 5.56 Å². The minimum atomic E-state index is -0.0893. The molecule has 1 aromatic heterocycles. The van der Waals surface area contributed by atoms with Gasteiger partial charge in [0.2, 0.25) is 5.95 Å². The van der Waals surface area contributed by atoms with Gasteiger partial charge < -0.3 is 5.32 Å². The van der Waals surface area contributed by atoms with Crippen molar-refractivity contribution in [3.8, 4) is 0 Å². The van der Waals surface area contributed by atoms with Crippen LogP contribution in [0.3, 0.4) is 0 Å². The number of unbranched alkanes of at least 4 members (excludes halogenated alkanes) is 2. The lowest BCUT2D eigenvalue weighted by atomic mass is 10.2. The fourth-order valence-corrected chi connectivity index (χ4v) is 1.75. The number of nitrogens with zero attached hydrogens (tertiary/aromatic N) is 1. The van der Waals surface area contributed by atoms with E-state index in [9.17, 15) is 4.79 Å². The standard InChI is InChI=1S/C13H17N3O/c1-2-3-6-9-14-13-15-11-8-5-4-7-10(11)12(17)16-13/h4-5,7-8H,2-3,6,9H2,1H3,(H2,14,15,16,17). The van der Waals surface area contributed by atoms with Gasteiger partial charge >= 0.3 is 0 Å². The normalized spacial score (nSPS) is 10.6. The molecule has 4 heteroatoms. The maximum Gasteiger partial charge on any atom is 0.260 e. The third-order valence-corrected chi connectivity index (χ3v) is 2.69. The summed E-state index contributed by atoms with van der Waals surface area (Å²) in [5.74, 6) is 0.560. The SMILES string of the molecule is CCCCCNc1nc2ccccc2c(=O)[nH]1. The lowest BCUT2D eigenvalue weighted by Crippen LogP contribution is -2.13. The van der Waals surface area contributed by atoms with E-state index in [4.69, 9.17) is 0 Å². The van der Waals surface area contributed by atoms with Crippen LogP contribution in [-0.4, -0.2) is 16.5 Å². The summed E-state index contributed by atoms with van der Waals surface area (Å²) in [6.07, 6.45) is 3.46. The third-order valence-electron chi connectivity index (χ3n) is 2.69. The van der Waals surface area contributed by atoms with Gasteiger partial charge in [-0.3, -0.25) is 9.78 Å². The first-order valence-electron chi connectivity index (χ1n) is 6.04. The number of para-hydroxylation sites is 1. The summed E-state index contributed by atoms with van der Waals surface area (Å²) in [5.41, 5.74) is 0.642. The second-order valence-corrected chi connectivity index (χ2v) is 4.07. The summed E-state index contributed by atoms with van der Waals surface area (Å²) >= 11 is 0. The summed E-state index contributed by atoms with van der Waals surface area (Å²) in [4.78, 5) is 18.9. The number of aromatic nitrogens is 2. The van der Waals surface area contributed by atoms with Crippen LogP contribution in [0.1, 0.15) is 26.2 Å². The first kappa shape index (κ1) is 11.6. The highest BCUT2D eigenvalue weighted by atomic mass is 16.1. The lowest BCUT2D eigenvalue weighted by molar-refractivity contribution is 0.740. The highest BCUT2D eigenvalue weighted by Gasteiger charge is 2.01. The van der Waals surface area contributed by atoms with E-state index >= 15 is 0 Å². The molecule has 0 spiro atoms. The van der Waals surface area contributed by atoms with Crippen molar-refractivity contribution < 1.29 is 0 Å². The zero-order valence-corrected chi connectivity index (χ0v) is 9.99. The first-order valence-corrected chi connectivity index (χ1v) is 6.04. The van der Waals surface area contributed by atoms with E-state index in [2.05, 4.69) is 22.2 Å². The van der Waals surface area contributed by atoms with Crippen LogP contribution >= 0.6 is 0 Å². The van der Waals surface area contributed by atoms with Crippen molar-refractivity contribution in [3.63, 3.8) is 0 Å². The average Bonchev–Trinajstić information content (AvgIpc) is 2.35. The molecule has 0 aliphatic carbocycles. The average molecular weight is 231 g/mol. The Bertz CT molecular complexity index is 548. The molecule has 1 heterocycles. The molecule has 90 valence electrons. The van der Waals surface area contributed by atoms with Gasteiger partial charge in [-0.2, -0.15) is 0 Å². The molecule has 0 aliphatic heterocycles. The summed E-state index contributed by atoms with van der Waals surface area (Å²) in [6.45, 7) is 3.01. The minimum absolute atomic E-state index is 0.0893. The maximum absolute atomic E-state index is 11.8. The van der Waals surface area contributed by atoms with Crippen LogP contribution in [0, 0.1) is 0 Å². The molecule has 0 aliphatic rings. The molecule has 0 bridgehead atoms. The third kappa shape index (κ3) is 2.84. The van der Waals surface area contributed by atoms with Crippen LogP contribution in [-0.2, 0) is 0 Å². The topological polar surface area (TPSA) is 57.8 Å². The molecule has 0 saturated heterocycles. The lowest BCUT2D eigenvalue weighted by Gasteiger charge is -2.05. The van der Waals surface area contributed by atoms with E-state index in [0.29, 0.717) is 11.3 Å². The fourth-order valence-electron chi connectivity index (χ4n) is 1.75. The van der Waals surface area contributed by atoms with E-state index in [1.807, 2.05) is 18.2 Å². The molecule has 1 aromatic carbocycles. The zero-order chi connectivity index (χ0) is 12.1. The molecular formula is C13H17N3O. The van der Waals surface area contributed by atoms with Gasteiger partial charge in [-0.25, -0.2) is 4.98 Å². The van der Waals surface area contributed by atoms with Crippen molar-refractivity contribution in [1.29, 1.82) is 0 Å². The Kier molecular flexibility index (Phi) is 3.75. The van der Waals surface area contributed by atoms with Crippen molar-refractivity contribution >= 4 is 16.9 Å². The Morgan fingerprint density at radius 1 is 1.29 bits per heavy atom. The van der Waals surface area contributed by atoms with Crippen LogP contribution < -0.4 is 10.9 Å². The molecule has 2 rings (SSSR count). The van der Waals surface area contributed by atoms with Gasteiger partial charge in [0, 0.05) is 6.54 Å².